The highest BCUT2D eigenvalue weighted by atomic mass is 16.5. The zero-order valence-electron chi connectivity index (χ0n) is 20.5. The number of nitrogens with zero attached hydrogens (tertiary/aromatic N) is 2. The summed E-state index contributed by atoms with van der Waals surface area (Å²) in [5.74, 6) is -0.544. The molecule has 7 heteroatoms. The summed E-state index contributed by atoms with van der Waals surface area (Å²) in [6.45, 7) is 5.70. The minimum Gasteiger partial charge on any atom is -0.507 e. The third kappa shape index (κ3) is 4.53. The van der Waals surface area contributed by atoms with Crippen molar-refractivity contribution in [2.75, 3.05) is 12.0 Å². The van der Waals surface area contributed by atoms with Gasteiger partial charge in [-0.25, -0.2) is 0 Å². The first-order valence-electron chi connectivity index (χ1n) is 11.5. The molecular formula is C29H26N2O5. The van der Waals surface area contributed by atoms with Crippen LogP contribution in [-0.4, -0.2) is 30.0 Å². The maximum atomic E-state index is 13.3. The van der Waals surface area contributed by atoms with E-state index in [9.17, 15) is 14.7 Å². The summed E-state index contributed by atoms with van der Waals surface area (Å²) >= 11 is 0. The van der Waals surface area contributed by atoms with E-state index >= 15 is 0 Å². The molecule has 3 aromatic carbocycles. The van der Waals surface area contributed by atoms with Crippen molar-refractivity contribution in [3.63, 3.8) is 0 Å². The highest BCUT2D eigenvalue weighted by Crippen LogP contribution is 2.42. The molecule has 182 valence electrons. The lowest BCUT2D eigenvalue weighted by molar-refractivity contribution is -0.132. The summed E-state index contributed by atoms with van der Waals surface area (Å²) < 4.78 is 11.0. The van der Waals surface area contributed by atoms with Crippen LogP contribution in [0.2, 0.25) is 0 Å². The molecule has 0 bridgehead atoms. The number of hydrogen-bond acceptors (Lipinski definition) is 6. The Bertz CT molecular complexity index is 1380. The minimum atomic E-state index is -0.879. The molecular weight excluding hydrogens is 456 g/mol. The van der Waals surface area contributed by atoms with Crippen LogP contribution in [0.25, 0.3) is 5.76 Å². The molecule has 1 N–H and O–H groups in total. The average Bonchev–Trinajstić information content (AvgIpc) is 3.14. The van der Waals surface area contributed by atoms with Gasteiger partial charge in [-0.1, -0.05) is 12.1 Å². The molecule has 1 aliphatic rings. The van der Waals surface area contributed by atoms with E-state index in [4.69, 9.17) is 14.7 Å². The molecule has 0 spiro atoms. The summed E-state index contributed by atoms with van der Waals surface area (Å²) in [5, 5.41) is 20.5. The number of nitriles is 1. The highest BCUT2D eigenvalue weighted by molar-refractivity contribution is 6.51. The Balaban J connectivity index is 1.88. The van der Waals surface area contributed by atoms with Crippen molar-refractivity contribution >= 4 is 23.1 Å². The molecule has 1 unspecified atom stereocenters. The Morgan fingerprint density at radius 1 is 1.03 bits per heavy atom. The van der Waals surface area contributed by atoms with E-state index in [1.807, 2.05) is 26.8 Å². The average molecular weight is 483 g/mol. The maximum absolute atomic E-state index is 13.3. The Morgan fingerprint density at radius 3 is 2.25 bits per heavy atom. The van der Waals surface area contributed by atoms with E-state index in [0.29, 0.717) is 33.9 Å². The first kappa shape index (κ1) is 24.6. The van der Waals surface area contributed by atoms with Crippen molar-refractivity contribution in [1.82, 2.24) is 0 Å². The van der Waals surface area contributed by atoms with Crippen molar-refractivity contribution in [3.05, 3.63) is 94.6 Å². The summed E-state index contributed by atoms with van der Waals surface area (Å²) in [5.41, 5.74) is 2.65. The van der Waals surface area contributed by atoms with Crippen LogP contribution in [0.1, 0.15) is 42.1 Å². The molecule has 1 saturated heterocycles. The first-order valence-corrected chi connectivity index (χ1v) is 11.5. The molecule has 1 aliphatic heterocycles. The van der Waals surface area contributed by atoms with Gasteiger partial charge in [-0.2, -0.15) is 5.26 Å². The lowest BCUT2D eigenvalue weighted by Gasteiger charge is -2.25. The fourth-order valence-electron chi connectivity index (χ4n) is 4.24. The van der Waals surface area contributed by atoms with Crippen LogP contribution in [-0.2, 0) is 9.59 Å². The number of aliphatic hydroxyl groups is 1. The monoisotopic (exact) mass is 482 g/mol. The Hall–Kier alpha value is -4.57. The van der Waals surface area contributed by atoms with E-state index in [1.165, 1.54) is 4.90 Å². The normalized spacial score (nSPS) is 16.8. The quantitative estimate of drug-likeness (QED) is 0.291. The van der Waals surface area contributed by atoms with Crippen LogP contribution in [0, 0.1) is 18.3 Å². The number of aliphatic hydroxyl groups excluding tert-OH is 1. The zero-order chi connectivity index (χ0) is 26.0. The number of rotatable bonds is 6. The third-order valence-corrected chi connectivity index (χ3v) is 5.96. The van der Waals surface area contributed by atoms with Crippen molar-refractivity contribution in [2.45, 2.75) is 32.9 Å². The largest absolute Gasteiger partial charge is 0.507 e. The molecule has 0 aliphatic carbocycles. The molecule has 3 aromatic rings. The van der Waals surface area contributed by atoms with E-state index in [0.717, 1.165) is 5.56 Å². The highest BCUT2D eigenvalue weighted by Gasteiger charge is 2.47. The summed E-state index contributed by atoms with van der Waals surface area (Å²) in [6, 6.07) is 19.7. The van der Waals surface area contributed by atoms with Gasteiger partial charge >= 0.3 is 0 Å². The molecule has 36 heavy (non-hydrogen) atoms. The van der Waals surface area contributed by atoms with Gasteiger partial charge in [-0.05, 0) is 86.5 Å². The van der Waals surface area contributed by atoms with Crippen LogP contribution >= 0.6 is 0 Å². The number of hydrogen-bond donors (Lipinski definition) is 1. The van der Waals surface area contributed by atoms with Crippen molar-refractivity contribution in [1.29, 1.82) is 5.26 Å². The maximum Gasteiger partial charge on any atom is 0.300 e. The smallest absolute Gasteiger partial charge is 0.300 e. The third-order valence-electron chi connectivity index (χ3n) is 5.96. The fourth-order valence-corrected chi connectivity index (χ4v) is 4.24. The molecule has 1 amide bonds. The number of aryl methyl sites for hydroxylation is 1. The van der Waals surface area contributed by atoms with E-state index in [-0.39, 0.29) is 17.4 Å². The van der Waals surface area contributed by atoms with Crippen molar-refractivity contribution in [3.8, 4) is 17.6 Å². The van der Waals surface area contributed by atoms with E-state index in [2.05, 4.69) is 0 Å². The number of benzene rings is 3. The predicted molar refractivity (Wildman–Crippen MR) is 136 cm³/mol. The topological polar surface area (TPSA) is 99.9 Å². The van der Waals surface area contributed by atoms with Crippen molar-refractivity contribution in [2.24, 2.45) is 0 Å². The first-order chi connectivity index (χ1) is 17.2. The molecule has 7 nitrogen and oxygen atoms in total. The van der Waals surface area contributed by atoms with Gasteiger partial charge in [0.05, 0.1) is 36.5 Å². The van der Waals surface area contributed by atoms with Crippen LogP contribution < -0.4 is 14.4 Å². The minimum absolute atomic E-state index is 0.0176. The zero-order valence-corrected chi connectivity index (χ0v) is 20.5. The van der Waals surface area contributed by atoms with Crippen molar-refractivity contribution < 1.29 is 24.2 Å². The molecule has 0 aromatic heterocycles. The van der Waals surface area contributed by atoms with Gasteiger partial charge in [0.2, 0.25) is 0 Å². The van der Waals surface area contributed by atoms with Gasteiger partial charge in [0.15, 0.2) is 0 Å². The number of methoxy groups -OCH3 is 1. The van der Waals surface area contributed by atoms with Crippen LogP contribution in [0.3, 0.4) is 0 Å². The summed E-state index contributed by atoms with van der Waals surface area (Å²) in [4.78, 5) is 27.9. The molecule has 4 rings (SSSR count). The Kier molecular flexibility index (Phi) is 6.80. The van der Waals surface area contributed by atoms with E-state index in [1.54, 1.807) is 73.8 Å². The Labute approximate surface area is 209 Å². The van der Waals surface area contributed by atoms with Crippen LogP contribution in [0.15, 0.2) is 72.3 Å². The summed E-state index contributed by atoms with van der Waals surface area (Å²) in [7, 11) is 1.55. The Morgan fingerprint density at radius 2 is 1.69 bits per heavy atom. The number of carbonyl (C=O) groups excluding carboxylic acids is 2. The van der Waals surface area contributed by atoms with Gasteiger partial charge in [0.25, 0.3) is 11.7 Å². The second-order valence-corrected chi connectivity index (χ2v) is 8.75. The number of ketones is 1. The van der Waals surface area contributed by atoms with Gasteiger partial charge < -0.3 is 14.6 Å². The fraction of sp³-hybridized carbons (Fsp3) is 0.207. The molecule has 1 fully saturated rings. The second-order valence-electron chi connectivity index (χ2n) is 8.75. The summed E-state index contributed by atoms with van der Waals surface area (Å²) in [6.07, 6.45) is -0.0176. The van der Waals surface area contributed by atoms with Gasteiger partial charge in [-0.3, -0.25) is 14.5 Å². The van der Waals surface area contributed by atoms with Gasteiger partial charge in [-0.15, -0.1) is 0 Å². The number of amides is 1. The molecule has 1 heterocycles. The number of Topliss-reactive ketones (excluding diaryl/α,β-unsaturated/α-hetero) is 1. The number of anilines is 1. The van der Waals surface area contributed by atoms with Crippen LogP contribution in [0.4, 0.5) is 5.69 Å². The molecule has 0 radical (unpaired) electrons. The van der Waals surface area contributed by atoms with Crippen LogP contribution in [0.5, 0.6) is 11.5 Å². The lowest BCUT2D eigenvalue weighted by atomic mass is 9.94. The van der Waals surface area contributed by atoms with Gasteiger partial charge in [0.1, 0.15) is 17.3 Å². The second kappa shape index (κ2) is 9.96. The van der Waals surface area contributed by atoms with E-state index < -0.39 is 17.7 Å². The number of ether oxygens (including phenoxy) is 2. The number of carbonyl (C=O) groups is 2. The molecule has 0 saturated carbocycles. The van der Waals surface area contributed by atoms with Gasteiger partial charge in [0, 0.05) is 11.3 Å². The lowest BCUT2D eigenvalue weighted by Crippen LogP contribution is -2.29. The SMILES string of the molecule is COc1ccc(C2/C(=C(/O)c3ccc(OC(C)C)c(C)c3)C(=O)C(=O)N2c2ccc(C#N)cc2)cc1. The molecule has 1 atom stereocenters. The predicted octanol–water partition coefficient (Wildman–Crippen LogP) is 5.29. The standard InChI is InChI=1S/C29H26N2O5/c1-17(2)36-24-14-9-21(15-18(24)3)27(32)25-26(20-7-12-23(35-4)13-8-20)31(29(34)28(25)33)22-10-5-19(16-30)6-11-22/h5-15,17,26,32H,1-4H3/b27-25-.